The van der Waals surface area contributed by atoms with Crippen molar-refractivity contribution >= 4 is 11.6 Å². The van der Waals surface area contributed by atoms with Gasteiger partial charge in [-0.2, -0.15) is 0 Å². The van der Waals surface area contributed by atoms with Crippen LogP contribution in [0.3, 0.4) is 0 Å². The summed E-state index contributed by atoms with van der Waals surface area (Å²) in [6.45, 7) is 5.94. The van der Waals surface area contributed by atoms with Crippen molar-refractivity contribution in [2.24, 2.45) is 0 Å². The molecule has 1 unspecified atom stereocenters. The number of benzene rings is 1. The molecule has 1 aromatic carbocycles. The Labute approximate surface area is 95.5 Å². The number of fused-ring (bicyclic) bond motifs is 1. The van der Waals surface area contributed by atoms with E-state index in [2.05, 4.69) is 5.32 Å². The molecular formula is C13H17NO2. The number of hydrogen-bond acceptors (Lipinski definition) is 2. The topological polar surface area (TPSA) is 49.3 Å². The summed E-state index contributed by atoms with van der Waals surface area (Å²) in [5.41, 5.74) is 5.06. The molecule has 1 atom stereocenters. The smallest absolute Gasteiger partial charge is 0.228 e. The van der Waals surface area contributed by atoms with Gasteiger partial charge in [0, 0.05) is 5.69 Å². The van der Waals surface area contributed by atoms with Gasteiger partial charge in [0.05, 0.1) is 12.5 Å². The molecule has 1 amide bonds. The zero-order valence-corrected chi connectivity index (χ0v) is 9.92. The predicted octanol–water partition coefficient (Wildman–Crippen LogP) is 2.24. The molecule has 0 fully saturated rings. The van der Waals surface area contributed by atoms with E-state index < -0.39 is 6.10 Å². The fourth-order valence-corrected chi connectivity index (χ4v) is 2.25. The van der Waals surface area contributed by atoms with E-state index in [0.29, 0.717) is 12.8 Å². The molecule has 0 aliphatic carbocycles. The Kier molecular flexibility index (Phi) is 2.72. The van der Waals surface area contributed by atoms with Gasteiger partial charge in [0.25, 0.3) is 0 Å². The van der Waals surface area contributed by atoms with E-state index in [1.807, 2.05) is 26.8 Å². The number of nitrogens with one attached hydrogen (secondary N) is 1. The first-order chi connectivity index (χ1) is 7.54. The number of anilines is 1. The second kappa shape index (κ2) is 3.91. The van der Waals surface area contributed by atoms with Gasteiger partial charge >= 0.3 is 0 Å². The fraction of sp³-hybridized carbons (Fsp3) is 0.462. The predicted molar refractivity (Wildman–Crippen MR) is 63.5 cm³/mol. The maximum atomic E-state index is 11.3. The lowest BCUT2D eigenvalue weighted by Gasteiger charge is -2.16. The Bertz CT molecular complexity index is 452. The maximum Gasteiger partial charge on any atom is 0.228 e. The van der Waals surface area contributed by atoms with Crippen molar-refractivity contribution in [3.8, 4) is 0 Å². The molecular weight excluding hydrogens is 202 g/mol. The summed E-state index contributed by atoms with van der Waals surface area (Å²) in [6.07, 6.45) is 0.694. The molecule has 0 spiro atoms. The molecule has 1 heterocycles. The molecule has 0 saturated heterocycles. The minimum atomic E-state index is -0.431. The average Bonchev–Trinajstić information content (AvgIpc) is 2.63. The number of hydrogen-bond donors (Lipinski definition) is 2. The van der Waals surface area contributed by atoms with Crippen molar-refractivity contribution in [3.63, 3.8) is 0 Å². The summed E-state index contributed by atoms with van der Waals surface area (Å²) in [7, 11) is 0. The van der Waals surface area contributed by atoms with Gasteiger partial charge in [0.2, 0.25) is 5.91 Å². The van der Waals surface area contributed by atoms with E-state index in [-0.39, 0.29) is 5.91 Å². The first-order valence-electron chi connectivity index (χ1n) is 5.65. The summed E-state index contributed by atoms with van der Waals surface area (Å²) in [6, 6.07) is 1.96. The van der Waals surface area contributed by atoms with Gasteiger partial charge in [-0.3, -0.25) is 4.79 Å². The van der Waals surface area contributed by atoms with Crippen molar-refractivity contribution < 1.29 is 9.90 Å². The van der Waals surface area contributed by atoms with E-state index in [0.717, 1.165) is 27.9 Å². The molecule has 1 aliphatic heterocycles. The Morgan fingerprint density at radius 2 is 2.12 bits per heavy atom. The molecule has 3 nitrogen and oxygen atoms in total. The Hall–Kier alpha value is -1.35. The second-order valence-corrected chi connectivity index (χ2v) is 4.40. The van der Waals surface area contributed by atoms with E-state index >= 15 is 0 Å². The first-order valence-corrected chi connectivity index (χ1v) is 5.65. The van der Waals surface area contributed by atoms with Gasteiger partial charge in [-0.25, -0.2) is 0 Å². The van der Waals surface area contributed by atoms with E-state index in [9.17, 15) is 9.90 Å². The Morgan fingerprint density at radius 3 is 2.75 bits per heavy atom. The molecule has 1 aromatic rings. The zero-order chi connectivity index (χ0) is 11.9. The van der Waals surface area contributed by atoms with Crippen LogP contribution in [-0.4, -0.2) is 11.0 Å². The number of carbonyl (C=O) groups excluding carboxylic acids is 1. The van der Waals surface area contributed by atoms with Crippen molar-refractivity contribution in [2.75, 3.05) is 5.32 Å². The molecule has 0 saturated carbocycles. The van der Waals surface area contributed by atoms with Gasteiger partial charge in [-0.15, -0.1) is 0 Å². The van der Waals surface area contributed by atoms with Gasteiger partial charge in [-0.05, 0) is 42.5 Å². The average molecular weight is 219 g/mol. The molecule has 86 valence electrons. The maximum absolute atomic E-state index is 11.3. The minimum Gasteiger partial charge on any atom is -0.388 e. The molecule has 0 radical (unpaired) electrons. The summed E-state index contributed by atoms with van der Waals surface area (Å²) in [4.78, 5) is 11.3. The van der Waals surface area contributed by atoms with Crippen LogP contribution >= 0.6 is 0 Å². The monoisotopic (exact) mass is 219 g/mol. The van der Waals surface area contributed by atoms with Crippen LogP contribution in [0.4, 0.5) is 5.69 Å². The number of rotatable bonds is 2. The molecule has 3 heteroatoms. The van der Waals surface area contributed by atoms with Crippen LogP contribution in [-0.2, 0) is 11.2 Å². The fourth-order valence-electron chi connectivity index (χ4n) is 2.25. The molecule has 2 rings (SSSR count). The van der Waals surface area contributed by atoms with Crippen molar-refractivity contribution in [3.05, 3.63) is 28.3 Å². The van der Waals surface area contributed by atoms with Crippen LogP contribution in [0.25, 0.3) is 0 Å². The third kappa shape index (κ3) is 1.61. The highest BCUT2D eigenvalue weighted by Gasteiger charge is 2.23. The molecule has 0 bridgehead atoms. The summed E-state index contributed by atoms with van der Waals surface area (Å²) < 4.78 is 0. The SMILES string of the molecule is CCC(O)c1cc2c(c(C)c1C)NC(=O)C2. The quantitative estimate of drug-likeness (QED) is 0.801. The van der Waals surface area contributed by atoms with E-state index in [1.165, 1.54) is 0 Å². The normalized spacial score (nSPS) is 15.9. The summed E-state index contributed by atoms with van der Waals surface area (Å²) in [5.74, 6) is 0.0423. The molecule has 2 N–H and O–H groups in total. The Balaban J connectivity index is 2.56. The van der Waals surface area contributed by atoms with E-state index in [1.54, 1.807) is 0 Å². The van der Waals surface area contributed by atoms with Crippen molar-refractivity contribution in [2.45, 2.75) is 39.7 Å². The highest BCUT2D eigenvalue weighted by atomic mass is 16.3. The van der Waals surface area contributed by atoms with Crippen LogP contribution in [0, 0.1) is 13.8 Å². The standard InChI is InChI=1S/C13H17NO2/c1-4-11(15)10-5-9-6-12(16)14-13(9)8(3)7(10)2/h5,11,15H,4,6H2,1-3H3,(H,14,16). The molecule has 1 aliphatic rings. The largest absolute Gasteiger partial charge is 0.388 e. The van der Waals surface area contributed by atoms with Crippen LogP contribution in [0.5, 0.6) is 0 Å². The Morgan fingerprint density at radius 1 is 1.44 bits per heavy atom. The van der Waals surface area contributed by atoms with Crippen molar-refractivity contribution in [1.29, 1.82) is 0 Å². The highest BCUT2D eigenvalue weighted by molar-refractivity contribution is 6.00. The molecule has 0 aromatic heterocycles. The number of aliphatic hydroxyl groups excluding tert-OH is 1. The first kappa shape index (κ1) is 11.1. The van der Waals surface area contributed by atoms with Crippen molar-refractivity contribution in [1.82, 2.24) is 0 Å². The second-order valence-electron chi connectivity index (χ2n) is 4.40. The number of aliphatic hydroxyl groups is 1. The summed E-state index contributed by atoms with van der Waals surface area (Å²) >= 11 is 0. The van der Waals surface area contributed by atoms with Gasteiger partial charge in [0.1, 0.15) is 0 Å². The van der Waals surface area contributed by atoms with E-state index in [4.69, 9.17) is 0 Å². The highest BCUT2D eigenvalue weighted by Crippen LogP contribution is 2.34. The number of carbonyl (C=O) groups is 1. The van der Waals surface area contributed by atoms with Crippen LogP contribution in [0.1, 0.15) is 41.7 Å². The van der Waals surface area contributed by atoms with Crippen LogP contribution < -0.4 is 5.32 Å². The lowest BCUT2D eigenvalue weighted by molar-refractivity contribution is -0.115. The third-order valence-corrected chi connectivity index (χ3v) is 3.38. The minimum absolute atomic E-state index is 0.0423. The van der Waals surface area contributed by atoms with Crippen LogP contribution in [0.15, 0.2) is 6.07 Å². The van der Waals surface area contributed by atoms with Crippen LogP contribution in [0.2, 0.25) is 0 Å². The van der Waals surface area contributed by atoms with Gasteiger partial charge < -0.3 is 10.4 Å². The lowest BCUT2D eigenvalue weighted by atomic mass is 9.93. The van der Waals surface area contributed by atoms with Gasteiger partial charge in [0.15, 0.2) is 0 Å². The summed E-state index contributed by atoms with van der Waals surface area (Å²) in [5, 5.41) is 12.8. The lowest BCUT2D eigenvalue weighted by Crippen LogP contribution is -2.05. The zero-order valence-electron chi connectivity index (χ0n) is 9.92. The number of amides is 1. The van der Waals surface area contributed by atoms with Gasteiger partial charge in [-0.1, -0.05) is 13.0 Å². The molecule has 16 heavy (non-hydrogen) atoms. The third-order valence-electron chi connectivity index (χ3n) is 3.38.